The van der Waals surface area contributed by atoms with Crippen LogP contribution in [-0.2, 0) is 26.2 Å². The van der Waals surface area contributed by atoms with E-state index in [0.717, 1.165) is 0 Å². The van der Waals surface area contributed by atoms with E-state index in [1.807, 2.05) is 0 Å². The third-order valence-electron chi connectivity index (χ3n) is 4.20. The molecule has 1 aromatic carbocycles. The van der Waals surface area contributed by atoms with E-state index in [4.69, 9.17) is 32.7 Å². The number of carbonyl (C=O) groups excluding carboxylic acids is 1. The fourth-order valence-corrected chi connectivity index (χ4v) is 4.97. The number of aromatic amines is 1. The molecule has 148 valence electrons. The number of halogens is 2. The van der Waals surface area contributed by atoms with E-state index in [2.05, 4.69) is 9.71 Å². The van der Waals surface area contributed by atoms with Crippen molar-refractivity contribution in [2.24, 2.45) is 0 Å². The van der Waals surface area contributed by atoms with Gasteiger partial charge in [0, 0.05) is 32.2 Å². The number of hydrogen-bond donors (Lipinski definition) is 2. The van der Waals surface area contributed by atoms with Gasteiger partial charge in [0.2, 0.25) is 0 Å². The van der Waals surface area contributed by atoms with Gasteiger partial charge in [-0.15, -0.1) is 0 Å². The van der Waals surface area contributed by atoms with Crippen LogP contribution in [0.1, 0.15) is 29.4 Å². The van der Waals surface area contributed by atoms with Gasteiger partial charge in [0.1, 0.15) is 5.69 Å². The summed E-state index contributed by atoms with van der Waals surface area (Å²) >= 11 is 12.7. The highest BCUT2D eigenvalue weighted by molar-refractivity contribution is 7.90. The van der Waals surface area contributed by atoms with E-state index in [-0.39, 0.29) is 23.9 Å². The topological polar surface area (TPSA) is 101 Å². The van der Waals surface area contributed by atoms with E-state index >= 15 is 0 Å². The Balaban J connectivity index is 2.08. The van der Waals surface area contributed by atoms with Crippen LogP contribution in [0.2, 0.25) is 10.0 Å². The van der Waals surface area contributed by atoms with Gasteiger partial charge >= 0.3 is 16.2 Å². The summed E-state index contributed by atoms with van der Waals surface area (Å²) in [6.45, 7) is 2.76. The molecule has 0 fully saturated rings. The third kappa shape index (κ3) is 3.74. The first-order valence-corrected chi connectivity index (χ1v) is 10.5. The van der Waals surface area contributed by atoms with Crippen molar-refractivity contribution in [3.8, 4) is 0 Å². The summed E-state index contributed by atoms with van der Waals surface area (Å²) < 4.78 is 39.0. The van der Waals surface area contributed by atoms with Crippen LogP contribution in [0.5, 0.6) is 0 Å². The molecule has 11 heteroatoms. The molecule has 0 spiro atoms. The number of anilines is 1. The lowest BCUT2D eigenvalue weighted by atomic mass is 10.1. The number of carbonyl (C=O) groups is 1. The van der Waals surface area contributed by atoms with Crippen molar-refractivity contribution in [3.63, 3.8) is 0 Å². The maximum absolute atomic E-state index is 12.6. The Hall–Kier alpha value is -1.52. The van der Waals surface area contributed by atoms with Gasteiger partial charge in [-0.3, -0.25) is 4.72 Å². The van der Waals surface area contributed by atoms with Crippen LogP contribution >= 0.6 is 23.2 Å². The summed E-state index contributed by atoms with van der Waals surface area (Å²) in [5.41, 5.74) is 1.39. The number of esters is 1. The zero-order valence-corrected chi connectivity index (χ0v) is 17.1. The number of rotatable bonds is 6. The normalized spacial score (nSPS) is 16.1. The Morgan fingerprint density at radius 2 is 2.11 bits per heavy atom. The molecular formula is C16H19Cl2N3O5S. The van der Waals surface area contributed by atoms with Crippen molar-refractivity contribution in [3.05, 3.63) is 27.4 Å². The maximum Gasteiger partial charge on any atom is 0.356 e. The second-order valence-electron chi connectivity index (χ2n) is 5.96. The molecule has 8 nitrogen and oxygen atoms in total. The quantitative estimate of drug-likeness (QED) is 0.535. The van der Waals surface area contributed by atoms with Gasteiger partial charge in [-0.2, -0.15) is 12.7 Å². The molecule has 2 heterocycles. The van der Waals surface area contributed by atoms with Crippen LogP contribution in [-0.4, -0.2) is 50.5 Å². The predicted octanol–water partition coefficient (Wildman–Crippen LogP) is 3.16. The number of fused-ring (bicyclic) bond motifs is 3. The number of benzene rings is 1. The lowest BCUT2D eigenvalue weighted by Gasteiger charge is -2.29. The van der Waals surface area contributed by atoms with Crippen LogP contribution in [0.4, 0.5) is 5.69 Å². The molecule has 27 heavy (non-hydrogen) atoms. The standard InChI is InChI=1S/C16H19Cl2N3O5S/c1-3-26-16(22)15-12(18)11-10(17)7-9-8-21(5-4-6-25-2)27(23,24)20-13(9)14(11)19-15/h7,19-20H,3-6,8H2,1-2H3. The first-order chi connectivity index (χ1) is 12.8. The average Bonchev–Trinajstić information content (AvgIpc) is 2.95. The van der Waals surface area contributed by atoms with Crippen LogP contribution in [0, 0.1) is 0 Å². The summed E-state index contributed by atoms with van der Waals surface area (Å²) in [6.07, 6.45) is 0.560. The molecule has 0 saturated heterocycles. The molecule has 0 unspecified atom stereocenters. The van der Waals surface area contributed by atoms with Crippen LogP contribution in [0.3, 0.4) is 0 Å². The van der Waals surface area contributed by atoms with Crippen molar-refractivity contribution in [1.82, 2.24) is 9.29 Å². The molecule has 0 amide bonds. The fraction of sp³-hybridized carbons (Fsp3) is 0.438. The Kier molecular flexibility index (Phi) is 5.87. The molecule has 1 aromatic heterocycles. The number of methoxy groups -OCH3 is 1. The zero-order valence-electron chi connectivity index (χ0n) is 14.8. The van der Waals surface area contributed by atoms with Gasteiger partial charge < -0.3 is 14.5 Å². The average molecular weight is 436 g/mol. The van der Waals surface area contributed by atoms with E-state index in [9.17, 15) is 13.2 Å². The van der Waals surface area contributed by atoms with Crippen LogP contribution in [0.15, 0.2) is 6.07 Å². The number of nitrogens with zero attached hydrogens (tertiary/aromatic N) is 1. The summed E-state index contributed by atoms with van der Waals surface area (Å²) in [7, 11) is -2.19. The van der Waals surface area contributed by atoms with E-state index in [0.29, 0.717) is 46.7 Å². The number of H-pyrrole nitrogens is 1. The highest BCUT2D eigenvalue weighted by Crippen LogP contribution is 2.42. The van der Waals surface area contributed by atoms with Crippen molar-refractivity contribution >= 4 is 56.0 Å². The second kappa shape index (κ2) is 7.84. The SMILES string of the molecule is CCOC(=O)c1[nH]c2c3c(cc(Cl)c2c1Cl)CN(CCCOC)S(=O)(=O)N3. The molecule has 0 aliphatic carbocycles. The summed E-state index contributed by atoms with van der Waals surface area (Å²) in [4.78, 5) is 15.0. The molecule has 3 rings (SSSR count). The van der Waals surface area contributed by atoms with Crippen molar-refractivity contribution in [2.45, 2.75) is 19.9 Å². The van der Waals surface area contributed by atoms with E-state index in [1.54, 1.807) is 20.1 Å². The summed E-state index contributed by atoms with van der Waals surface area (Å²) in [5, 5.41) is 0.784. The molecule has 0 saturated carbocycles. The molecule has 1 aliphatic heterocycles. The number of nitrogens with one attached hydrogen (secondary N) is 2. The molecule has 2 aromatic rings. The van der Waals surface area contributed by atoms with E-state index in [1.165, 1.54) is 4.31 Å². The largest absolute Gasteiger partial charge is 0.461 e. The summed E-state index contributed by atoms with van der Waals surface area (Å²) in [6, 6.07) is 1.65. The molecule has 0 atom stereocenters. The summed E-state index contributed by atoms with van der Waals surface area (Å²) in [5.74, 6) is -0.636. The van der Waals surface area contributed by atoms with Crippen molar-refractivity contribution < 1.29 is 22.7 Å². The van der Waals surface area contributed by atoms with E-state index < -0.39 is 16.2 Å². The minimum absolute atomic E-state index is 0.0329. The monoisotopic (exact) mass is 435 g/mol. The van der Waals surface area contributed by atoms with Gasteiger partial charge in [-0.1, -0.05) is 23.2 Å². The highest BCUT2D eigenvalue weighted by atomic mass is 35.5. The molecule has 2 N–H and O–H groups in total. The van der Waals surface area contributed by atoms with Gasteiger partial charge in [0.25, 0.3) is 0 Å². The molecule has 1 aliphatic rings. The lowest BCUT2D eigenvalue weighted by molar-refractivity contribution is 0.0521. The van der Waals surface area contributed by atoms with Gasteiger partial charge in [-0.25, -0.2) is 4.79 Å². The lowest BCUT2D eigenvalue weighted by Crippen LogP contribution is -2.40. The third-order valence-corrected chi connectivity index (χ3v) is 6.33. The predicted molar refractivity (Wildman–Crippen MR) is 104 cm³/mol. The Bertz CT molecular complexity index is 990. The minimum atomic E-state index is -3.75. The van der Waals surface area contributed by atoms with Gasteiger partial charge in [0.05, 0.1) is 27.9 Å². The minimum Gasteiger partial charge on any atom is -0.461 e. The smallest absolute Gasteiger partial charge is 0.356 e. The fourth-order valence-electron chi connectivity index (χ4n) is 2.98. The number of aromatic nitrogens is 1. The van der Waals surface area contributed by atoms with Crippen molar-refractivity contribution in [2.75, 3.05) is 31.6 Å². The maximum atomic E-state index is 12.6. The number of ether oxygens (including phenoxy) is 2. The Morgan fingerprint density at radius 3 is 2.78 bits per heavy atom. The molecule has 0 bridgehead atoms. The first-order valence-electron chi connectivity index (χ1n) is 8.26. The molecular weight excluding hydrogens is 417 g/mol. The molecule has 0 radical (unpaired) electrons. The second-order valence-corrected chi connectivity index (χ2v) is 8.42. The van der Waals surface area contributed by atoms with Crippen LogP contribution in [0.25, 0.3) is 10.9 Å². The van der Waals surface area contributed by atoms with Gasteiger partial charge in [0.15, 0.2) is 0 Å². The Labute approximate surface area is 166 Å². The van der Waals surface area contributed by atoms with Crippen LogP contribution < -0.4 is 4.72 Å². The highest BCUT2D eigenvalue weighted by Gasteiger charge is 2.32. The Morgan fingerprint density at radius 1 is 1.37 bits per heavy atom. The van der Waals surface area contributed by atoms with Gasteiger partial charge in [-0.05, 0) is 25.0 Å². The zero-order chi connectivity index (χ0) is 19.8. The first kappa shape index (κ1) is 20.2. The number of hydrogen-bond acceptors (Lipinski definition) is 5. The van der Waals surface area contributed by atoms with Crippen molar-refractivity contribution in [1.29, 1.82) is 0 Å².